The predicted molar refractivity (Wildman–Crippen MR) is 79.9 cm³/mol. The van der Waals surface area contributed by atoms with Crippen LogP contribution in [0, 0.1) is 0 Å². The molecule has 2 heteroatoms. The van der Waals surface area contributed by atoms with Crippen LogP contribution in [-0.2, 0) is 16.6 Å². The Morgan fingerprint density at radius 3 is 2.00 bits per heavy atom. The van der Waals surface area contributed by atoms with Crippen LogP contribution in [0.25, 0.3) is 0 Å². The van der Waals surface area contributed by atoms with Crippen LogP contribution in [0.4, 0.5) is 0 Å². The summed E-state index contributed by atoms with van der Waals surface area (Å²) in [5, 5.41) is 0. The molecule has 17 heavy (non-hydrogen) atoms. The molecule has 0 saturated carbocycles. The monoisotopic (exact) mass is 261 g/mol. The van der Waals surface area contributed by atoms with Crippen molar-refractivity contribution in [3.05, 3.63) is 60.2 Å². The van der Waals surface area contributed by atoms with Crippen LogP contribution in [0.15, 0.2) is 64.4 Å². The molecule has 0 radical (unpaired) electrons. The van der Waals surface area contributed by atoms with Gasteiger partial charge in [-0.15, -0.1) is 0 Å². The first-order valence-electron chi connectivity index (χ1n) is 5.60. The van der Waals surface area contributed by atoms with Gasteiger partial charge in [0.1, 0.15) is 5.75 Å². The van der Waals surface area contributed by atoms with Gasteiger partial charge in [0.25, 0.3) is 0 Å². The van der Waals surface area contributed by atoms with E-state index in [9.17, 15) is 0 Å². The Labute approximate surface area is 111 Å². The summed E-state index contributed by atoms with van der Waals surface area (Å²) in [7, 11) is 0.482. The lowest BCUT2D eigenvalue weighted by Gasteiger charge is -2.03. The van der Waals surface area contributed by atoms with E-state index < -0.39 is 0 Å². The number of hydrogen-bond donors (Lipinski definition) is 0. The molecule has 0 spiro atoms. The SMILES string of the molecule is C[S+](C)Cc1ccc(Sc2ccccc2)cc1. The van der Waals surface area contributed by atoms with Crippen molar-refractivity contribution >= 4 is 22.7 Å². The first-order valence-corrected chi connectivity index (χ1v) is 8.63. The van der Waals surface area contributed by atoms with E-state index in [1.54, 1.807) is 0 Å². The number of benzene rings is 2. The summed E-state index contributed by atoms with van der Waals surface area (Å²) in [5.41, 5.74) is 1.44. The van der Waals surface area contributed by atoms with Crippen LogP contribution in [0.2, 0.25) is 0 Å². The molecule has 0 saturated heterocycles. The zero-order chi connectivity index (χ0) is 12.1. The van der Waals surface area contributed by atoms with Gasteiger partial charge in [0.05, 0.1) is 12.5 Å². The first-order chi connectivity index (χ1) is 8.24. The topological polar surface area (TPSA) is 0 Å². The fraction of sp³-hybridized carbons (Fsp3) is 0.200. The average molecular weight is 261 g/mol. The van der Waals surface area contributed by atoms with Crippen molar-refractivity contribution < 1.29 is 0 Å². The van der Waals surface area contributed by atoms with Gasteiger partial charge in [-0.2, -0.15) is 0 Å². The summed E-state index contributed by atoms with van der Waals surface area (Å²) in [5.74, 6) is 1.19. The largest absolute Gasteiger partial charge is 0.132 e. The molecule has 2 aromatic rings. The smallest absolute Gasteiger partial charge is 0.0901 e. The maximum absolute atomic E-state index is 2.28. The van der Waals surface area contributed by atoms with Gasteiger partial charge in [0.2, 0.25) is 0 Å². The molecule has 0 heterocycles. The van der Waals surface area contributed by atoms with Gasteiger partial charge in [-0.05, 0) is 35.2 Å². The van der Waals surface area contributed by atoms with E-state index >= 15 is 0 Å². The van der Waals surface area contributed by atoms with Gasteiger partial charge in [-0.3, -0.25) is 0 Å². The van der Waals surface area contributed by atoms with E-state index in [0.29, 0.717) is 10.9 Å². The van der Waals surface area contributed by atoms with Crippen molar-refractivity contribution in [2.45, 2.75) is 15.5 Å². The van der Waals surface area contributed by atoms with Crippen LogP contribution < -0.4 is 0 Å². The first kappa shape index (κ1) is 12.6. The molecule has 0 fully saturated rings. The van der Waals surface area contributed by atoms with Gasteiger partial charge in [-0.1, -0.05) is 42.1 Å². The Bertz CT molecular complexity index is 446. The molecule has 2 aromatic carbocycles. The Morgan fingerprint density at radius 1 is 0.824 bits per heavy atom. The summed E-state index contributed by atoms with van der Waals surface area (Å²) in [6.45, 7) is 0. The molecule has 0 aromatic heterocycles. The minimum atomic E-state index is 0.482. The molecule has 0 amide bonds. The fourth-order valence-corrected chi connectivity index (χ4v) is 3.31. The lowest BCUT2D eigenvalue weighted by atomic mass is 10.2. The maximum atomic E-state index is 2.28. The normalized spacial score (nSPS) is 10.8. The van der Waals surface area contributed by atoms with Crippen molar-refractivity contribution in [2.24, 2.45) is 0 Å². The average Bonchev–Trinajstić information content (AvgIpc) is 2.32. The summed E-state index contributed by atoms with van der Waals surface area (Å²) in [4.78, 5) is 2.61. The van der Waals surface area contributed by atoms with E-state index in [1.165, 1.54) is 21.1 Å². The third kappa shape index (κ3) is 4.14. The van der Waals surface area contributed by atoms with Gasteiger partial charge < -0.3 is 0 Å². The standard InChI is InChI=1S/C15H17S2/c1-17(2)12-13-8-10-15(11-9-13)16-14-6-4-3-5-7-14/h3-11H,12H2,1-2H3/q+1. The van der Waals surface area contributed by atoms with E-state index in [4.69, 9.17) is 0 Å². The number of rotatable bonds is 4. The minimum Gasteiger partial charge on any atom is -0.0901 e. The molecule has 0 atom stereocenters. The van der Waals surface area contributed by atoms with E-state index in [2.05, 4.69) is 67.1 Å². The van der Waals surface area contributed by atoms with Gasteiger partial charge in [0, 0.05) is 15.4 Å². The van der Waals surface area contributed by atoms with Crippen molar-refractivity contribution in [2.75, 3.05) is 12.5 Å². The zero-order valence-corrected chi connectivity index (χ0v) is 11.9. The zero-order valence-electron chi connectivity index (χ0n) is 10.2. The molecule has 0 nitrogen and oxygen atoms in total. The Kier molecular flexibility index (Phi) is 4.57. The summed E-state index contributed by atoms with van der Waals surface area (Å²) in [6.07, 6.45) is 4.57. The molecule has 0 aliphatic rings. The highest BCUT2D eigenvalue weighted by Crippen LogP contribution is 2.27. The summed E-state index contributed by atoms with van der Waals surface area (Å²) < 4.78 is 0. The van der Waals surface area contributed by atoms with Crippen molar-refractivity contribution in [1.82, 2.24) is 0 Å². The fourth-order valence-electron chi connectivity index (χ4n) is 1.61. The lowest BCUT2D eigenvalue weighted by molar-refractivity contribution is 1.33. The number of hydrogen-bond acceptors (Lipinski definition) is 1. The molecular weight excluding hydrogens is 244 g/mol. The second-order valence-electron chi connectivity index (χ2n) is 4.19. The van der Waals surface area contributed by atoms with E-state index in [0.717, 1.165) is 0 Å². The molecule has 0 bridgehead atoms. The molecule has 0 unspecified atom stereocenters. The Hall–Kier alpha value is -0.860. The predicted octanol–water partition coefficient (Wildman–Crippen LogP) is 4.22. The Balaban J connectivity index is 2.03. The third-order valence-electron chi connectivity index (χ3n) is 2.36. The molecular formula is C15H17S2+. The van der Waals surface area contributed by atoms with Crippen LogP contribution in [-0.4, -0.2) is 12.5 Å². The Morgan fingerprint density at radius 2 is 1.41 bits per heavy atom. The van der Waals surface area contributed by atoms with Crippen LogP contribution in [0.1, 0.15) is 5.56 Å². The van der Waals surface area contributed by atoms with Gasteiger partial charge >= 0.3 is 0 Å². The molecule has 88 valence electrons. The second-order valence-corrected chi connectivity index (χ2v) is 7.60. The summed E-state index contributed by atoms with van der Waals surface area (Å²) in [6, 6.07) is 19.4. The highest BCUT2D eigenvalue weighted by atomic mass is 32.2. The van der Waals surface area contributed by atoms with Crippen molar-refractivity contribution in [1.29, 1.82) is 0 Å². The highest BCUT2D eigenvalue weighted by Gasteiger charge is 2.04. The van der Waals surface area contributed by atoms with E-state index in [1.807, 2.05) is 11.8 Å². The van der Waals surface area contributed by atoms with E-state index in [-0.39, 0.29) is 0 Å². The minimum absolute atomic E-state index is 0.482. The van der Waals surface area contributed by atoms with Gasteiger partial charge in [-0.25, -0.2) is 0 Å². The lowest BCUT2D eigenvalue weighted by Crippen LogP contribution is -1.98. The van der Waals surface area contributed by atoms with Crippen molar-refractivity contribution in [3.8, 4) is 0 Å². The second kappa shape index (κ2) is 6.18. The quantitative estimate of drug-likeness (QED) is 0.743. The van der Waals surface area contributed by atoms with Crippen LogP contribution in [0.3, 0.4) is 0 Å². The third-order valence-corrected chi connectivity index (χ3v) is 4.28. The summed E-state index contributed by atoms with van der Waals surface area (Å²) >= 11 is 1.82. The maximum Gasteiger partial charge on any atom is 0.132 e. The molecule has 0 aliphatic carbocycles. The molecule has 2 rings (SSSR count). The van der Waals surface area contributed by atoms with Gasteiger partial charge in [0.15, 0.2) is 0 Å². The highest BCUT2D eigenvalue weighted by molar-refractivity contribution is 7.99. The van der Waals surface area contributed by atoms with Crippen LogP contribution >= 0.6 is 11.8 Å². The van der Waals surface area contributed by atoms with Crippen LogP contribution in [0.5, 0.6) is 0 Å². The molecule has 0 N–H and O–H groups in total. The van der Waals surface area contributed by atoms with Crippen molar-refractivity contribution in [3.63, 3.8) is 0 Å². The molecule has 0 aliphatic heterocycles.